The van der Waals surface area contributed by atoms with Crippen molar-refractivity contribution in [1.29, 1.82) is 10.5 Å². The van der Waals surface area contributed by atoms with E-state index in [4.69, 9.17) is 10.5 Å². The molecule has 1 rings (SSSR count). The molecule has 2 unspecified atom stereocenters. The van der Waals surface area contributed by atoms with Gasteiger partial charge in [-0.15, -0.1) is 0 Å². The summed E-state index contributed by atoms with van der Waals surface area (Å²) < 4.78 is 0. The molecule has 0 aromatic carbocycles. The number of hydrogen-bond donors (Lipinski definition) is 2. The van der Waals surface area contributed by atoms with Crippen LogP contribution in [0.5, 0.6) is 0 Å². The Hall–Kier alpha value is -1.10. The van der Waals surface area contributed by atoms with Crippen molar-refractivity contribution in [3.8, 4) is 12.1 Å². The van der Waals surface area contributed by atoms with Gasteiger partial charge in [0, 0.05) is 32.0 Å². The van der Waals surface area contributed by atoms with E-state index in [1.807, 2.05) is 0 Å². The summed E-state index contributed by atoms with van der Waals surface area (Å²) in [6, 6.07) is 4.87. The minimum atomic E-state index is 0.365. The van der Waals surface area contributed by atoms with E-state index < -0.39 is 0 Å². The maximum atomic E-state index is 8.59. The fourth-order valence-corrected chi connectivity index (χ4v) is 3.19. The lowest BCUT2D eigenvalue weighted by Gasteiger charge is -2.40. The van der Waals surface area contributed by atoms with Gasteiger partial charge in [-0.2, -0.15) is 10.5 Å². The Kier molecular flexibility index (Phi) is 6.84. The van der Waals surface area contributed by atoms with Crippen LogP contribution in [0.2, 0.25) is 0 Å². The van der Waals surface area contributed by atoms with Crippen LogP contribution in [0.1, 0.15) is 46.0 Å². The third-order valence-corrected chi connectivity index (χ3v) is 3.77. The second kappa shape index (κ2) is 8.15. The average molecular weight is 262 g/mol. The Balaban J connectivity index is 2.36. The van der Waals surface area contributed by atoms with Crippen LogP contribution < -0.4 is 10.6 Å². The van der Waals surface area contributed by atoms with Gasteiger partial charge in [0.1, 0.15) is 0 Å². The normalized spacial score (nSPS) is 25.5. The zero-order valence-corrected chi connectivity index (χ0v) is 12.2. The summed E-state index contributed by atoms with van der Waals surface area (Å²) in [7, 11) is 0. The van der Waals surface area contributed by atoms with E-state index in [-0.39, 0.29) is 0 Å². The van der Waals surface area contributed by atoms with Crippen LogP contribution in [-0.4, -0.2) is 25.7 Å². The summed E-state index contributed by atoms with van der Waals surface area (Å²) in [5, 5.41) is 24.0. The Labute approximate surface area is 117 Å². The van der Waals surface area contributed by atoms with Crippen molar-refractivity contribution >= 4 is 0 Å². The zero-order chi connectivity index (χ0) is 14.1. The van der Waals surface area contributed by atoms with E-state index in [0.717, 1.165) is 19.6 Å². The summed E-state index contributed by atoms with van der Waals surface area (Å²) >= 11 is 0. The minimum absolute atomic E-state index is 0.365. The summed E-state index contributed by atoms with van der Waals surface area (Å²) in [5.74, 6) is 0.669. The summed E-state index contributed by atoms with van der Waals surface area (Å²) in [4.78, 5) is 0. The summed E-state index contributed by atoms with van der Waals surface area (Å²) in [5.41, 5.74) is 0.365. The van der Waals surface area contributed by atoms with E-state index in [9.17, 15) is 0 Å². The van der Waals surface area contributed by atoms with Crippen LogP contribution in [0, 0.1) is 34.0 Å². The predicted molar refractivity (Wildman–Crippen MR) is 76.2 cm³/mol. The quantitative estimate of drug-likeness (QED) is 0.690. The van der Waals surface area contributed by atoms with Gasteiger partial charge >= 0.3 is 0 Å². The molecule has 2 atom stereocenters. The zero-order valence-electron chi connectivity index (χ0n) is 12.2. The third-order valence-electron chi connectivity index (χ3n) is 3.77. The van der Waals surface area contributed by atoms with Gasteiger partial charge in [0.2, 0.25) is 0 Å². The Morgan fingerprint density at radius 2 is 1.79 bits per heavy atom. The Morgan fingerprint density at radius 1 is 1.11 bits per heavy atom. The number of rotatable bonds is 7. The molecular formula is C15H26N4. The van der Waals surface area contributed by atoms with Crippen LogP contribution in [0.25, 0.3) is 0 Å². The second-order valence-corrected chi connectivity index (χ2v) is 6.35. The standard InChI is InChI=1S/C15H26N4/c1-15(2)10-13(12-18-7-3-5-16)9-14(11-15)19-8-4-6-17/h13-14,18-19H,3-4,7-12H2,1-2H3. The first-order valence-corrected chi connectivity index (χ1v) is 7.25. The highest BCUT2D eigenvalue weighted by molar-refractivity contribution is 4.89. The molecule has 1 aliphatic carbocycles. The molecule has 0 bridgehead atoms. The monoisotopic (exact) mass is 262 g/mol. The third kappa shape index (κ3) is 6.57. The van der Waals surface area contributed by atoms with Crippen molar-refractivity contribution < 1.29 is 0 Å². The molecule has 0 aliphatic heterocycles. The van der Waals surface area contributed by atoms with E-state index in [2.05, 4.69) is 36.6 Å². The Morgan fingerprint density at radius 3 is 2.47 bits per heavy atom. The van der Waals surface area contributed by atoms with E-state index in [0.29, 0.717) is 30.2 Å². The van der Waals surface area contributed by atoms with Crippen molar-refractivity contribution in [2.45, 2.75) is 52.0 Å². The van der Waals surface area contributed by atoms with Gasteiger partial charge in [-0.25, -0.2) is 0 Å². The van der Waals surface area contributed by atoms with Gasteiger partial charge in [0.05, 0.1) is 12.1 Å². The highest BCUT2D eigenvalue weighted by Gasteiger charge is 2.33. The molecule has 0 aromatic rings. The molecule has 0 spiro atoms. The molecule has 4 heteroatoms. The molecular weight excluding hydrogens is 236 g/mol. The topological polar surface area (TPSA) is 71.6 Å². The van der Waals surface area contributed by atoms with Crippen molar-refractivity contribution in [3.05, 3.63) is 0 Å². The molecule has 0 saturated heterocycles. The molecule has 0 aromatic heterocycles. The maximum absolute atomic E-state index is 8.59. The van der Waals surface area contributed by atoms with Gasteiger partial charge in [-0.3, -0.25) is 0 Å². The molecule has 19 heavy (non-hydrogen) atoms. The molecule has 106 valence electrons. The maximum Gasteiger partial charge on any atom is 0.0635 e. The van der Waals surface area contributed by atoms with Crippen LogP contribution >= 0.6 is 0 Å². The van der Waals surface area contributed by atoms with Gasteiger partial charge in [0.25, 0.3) is 0 Å². The summed E-state index contributed by atoms with van der Waals surface area (Å²) in [6.45, 7) is 7.24. The lowest BCUT2D eigenvalue weighted by atomic mass is 9.70. The SMILES string of the molecule is CC1(C)CC(CNCCC#N)CC(NCCC#N)C1. The lowest BCUT2D eigenvalue weighted by molar-refractivity contribution is 0.141. The van der Waals surface area contributed by atoms with Crippen molar-refractivity contribution in [2.24, 2.45) is 11.3 Å². The van der Waals surface area contributed by atoms with Crippen LogP contribution in [0.15, 0.2) is 0 Å². The van der Waals surface area contributed by atoms with Crippen LogP contribution in [0.4, 0.5) is 0 Å². The highest BCUT2D eigenvalue weighted by Crippen LogP contribution is 2.38. The molecule has 0 radical (unpaired) electrons. The molecule has 2 N–H and O–H groups in total. The fourth-order valence-electron chi connectivity index (χ4n) is 3.19. The van der Waals surface area contributed by atoms with E-state index >= 15 is 0 Å². The van der Waals surface area contributed by atoms with Gasteiger partial charge in [-0.1, -0.05) is 13.8 Å². The van der Waals surface area contributed by atoms with Crippen LogP contribution in [-0.2, 0) is 0 Å². The average Bonchev–Trinajstić information content (AvgIpc) is 2.33. The molecule has 0 heterocycles. The number of nitrogens with zero attached hydrogens (tertiary/aromatic N) is 2. The lowest BCUT2D eigenvalue weighted by Crippen LogP contribution is -2.43. The van der Waals surface area contributed by atoms with Crippen molar-refractivity contribution in [3.63, 3.8) is 0 Å². The second-order valence-electron chi connectivity index (χ2n) is 6.35. The number of hydrogen-bond acceptors (Lipinski definition) is 4. The Bertz CT molecular complexity index is 337. The number of nitrogens with one attached hydrogen (secondary N) is 2. The minimum Gasteiger partial charge on any atom is -0.315 e. The van der Waals surface area contributed by atoms with Crippen molar-refractivity contribution in [1.82, 2.24) is 10.6 Å². The largest absolute Gasteiger partial charge is 0.315 e. The number of nitriles is 2. The van der Waals surface area contributed by atoms with Gasteiger partial charge in [0.15, 0.2) is 0 Å². The molecule has 4 nitrogen and oxygen atoms in total. The summed E-state index contributed by atoms with van der Waals surface area (Å²) in [6.07, 6.45) is 4.77. The van der Waals surface area contributed by atoms with Crippen molar-refractivity contribution in [2.75, 3.05) is 19.6 Å². The fraction of sp³-hybridized carbons (Fsp3) is 0.867. The molecule has 0 amide bonds. The predicted octanol–water partition coefficient (Wildman–Crippen LogP) is 2.19. The first-order chi connectivity index (χ1) is 9.07. The molecule has 1 fully saturated rings. The van der Waals surface area contributed by atoms with Gasteiger partial charge < -0.3 is 10.6 Å². The first kappa shape index (κ1) is 16.0. The van der Waals surface area contributed by atoms with Gasteiger partial charge in [-0.05, 0) is 37.1 Å². The molecule has 1 saturated carbocycles. The van der Waals surface area contributed by atoms with E-state index in [1.165, 1.54) is 19.3 Å². The highest BCUT2D eigenvalue weighted by atomic mass is 14.9. The van der Waals surface area contributed by atoms with E-state index in [1.54, 1.807) is 0 Å². The van der Waals surface area contributed by atoms with Crippen LogP contribution in [0.3, 0.4) is 0 Å². The smallest absolute Gasteiger partial charge is 0.0635 e. The molecule has 1 aliphatic rings. The first-order valence-electron chi connectivity index (χ1n) is 7.25.